The van der Waals surface area contributed by atoms with E-state index in [4.69, 9.17) is 10.5 Å². The fourth-order valence-corrected chi connectivity index (χ4v) is 3.13. The number of imidazole rings is 1. The molecule has 0 radical (unpaired) electrons. The summed E-state index contributed by atoms with van der Waals surface area (Å²) in [5.74, 6) is 0.236. The number of anilines is 1. The van der Waals surface area contributed by atoms with Crippen molar-refractivity contribution in [3.63, 3.8) is 0 Å². The molecule has 10 nitrogen and oxygen atoms in total. The van der Waals surface area contributed by atoms with Crippen molar-refractivity contribution in [1.29, 1.82) is 0 Å². The van der Waals surface area contributed by atoms with Crippen molar-refractivity contribution in [2.45, 2.75) is 24.0 Å². The van der Waals surface area contributed by atoms with Gasteiger partial charge < -0.3 is 25.9 Å². The molecule has 2 aromatic rings. The van der Waals surface area contributed by atoms with E-state index in [1.54, 1.807) is 4.57 Å². The molecule has 0 spiro atoms. The van der Waals surface area contributed by atoms with Crippen LogP contribution in [-0.2, 0) is 4.74 Å². The van der Waals surface area contributed by atoms with Gasteiger partial charge in [0.15, 0.2) is 17.7 Å². The summed E-state index contributed by atoms with van der Waals surface area (Å²) >= 11 is 0. The maximum atomic E-state index is 10.3. The van der Waals surface area contributed by atoms with Crippen LogP contribution in [0.5, 0.6) is 0 Å². The normalized spacial score (nSPS) is 35.9. The molecule has 2 fully saturated rings. The van der Waals surface area contributed by atoms with Crippen LogP contribution in [0.15, 0.2) is 12.7 Å². The average molecular weight is 294 g/mol. The molecule has 0 unspecified atom stereocenters. The van der Waals surface area contributed by atoms with Crippen molar-refractivity contribution in [3.05, 3.63) is 12.7 Å². The minimum atomic E-state index is -1.21. The lowest BCUT2D eigenvalue weighted by atomic mass is 10.0. The van der Waals surface area contributed by atoms with Crippen LogP contribution in [0, 0.1) is 0 Å². The summed E-state index contributed by atoms with van der Waals surface area (Å²) in [4.78, 5) is 12.1. The highest BCUT2D eigenvalue weighted by Gasteiger charge is 2.64. The number of aliphatic hydroxyl groups is 2. The highest BCUT2D eigenvalue weighted by molar-refractivity contribution is 5.81. The highest BCUT2D eigenvalue weighted by Crippen LogP contribution is 2.46. The quantitative estimate of drug-likeness (QED) is 0.499. The Bertz CT molecular complexity index is 707. The summed E-state index contributed by atoms with van der Waals surface area (Å²) in [6.07, 6.45) is 1.02. The molecule has 0 saturated carbocycles. The smallest absolute Gasteiger partial charge is 0.167 e. The Labute approximate surface area is 118 Å². The van der Waals surface area contributed by atoms with Gasteiger partial charge in [0.2, 0.25) is 0 Å². The van der Waals surface area contributed by atoms with E-state index in [9.17, 15) is 15.4 Å². The molecule has 4 atom stereocenters. The number of hydrogen-bond donors (Lipinski definition) is 4. The summed E-state index contributed by atoms with van der Waals surface area (Å²) in [6, 6.07) is -0.717. The van der Waals surface area contributed by atoms with E-state index in [0.717, 1.165) is 5.06 Å². The second-order valence-corrected chi connectivity index (χ2v) is 5.35. The van der Waals surface area contributed by atoms with E-state index in [-0.39, 0.29) is 12.4 Å². The zero-order valence-electron chi connectivity index (χ0n) is 10.9. The van der Waals surface area contributed by atoms with Gasteiger partial charge in [-0.25, -0.2) is 15.0 Å². The third-order valence-electron chi connectivity index (χ3n) is 4.21. The molecule has 2 saturated heterocycles. The van der Waals surface area contributed by atoms with Gasteiger partial charge in [0.25, 0.3) is 0 Å². The molecule has 2 aliphatic rings. The Hall–Kier alpha value is -1.85. The topological polar surface area (TPSA) is 143 Å². The Morgan fingerprint density at radius 3 is 2.95 bits per heavy atom. The number of hydroxylamine groups is 2. The summed E-state index contributed by atoms with van der Waals surface area (Å²) in [5.41, 5.74) is 5.38. The predicted molar refractivity (Wildman–Crippen MR) is 68.0 cm³/mol. The van der Waals surface area contributed by atoms with Gasteiger partial charge in [-0.3, -0.25) is 4.57 Å². The number of fused-ring (bicyclic) bond motifs is 3. The Morgan fingerprint density at radius 1 is 1.43 bits per heavy atom. The third-order valence-corrected chi connectivity index (χ3v) is 4.21. The van der Waals surface area contributed by atoms with Crippen molar-refractivity contribution in [1.82, 2.24) is 24.6 Å². The van der Waals surface area contributed by atoms with Crippen molar-refractivity contribution in [2.24, 2.45) is 0 Å². The first-order chi connectivity index (χ1) is 10.1. The molecule has 5 N–H and O–H groups in total. The standard InChI is InChI=1S/C11H14N6O4/c12-8-5-9(14-3-13-8)16(4-15-5)10-6-7(19)11(2-18,21-10)1-17(6)20/h3-4,6-7,10,18-20H,1-2H2,(H2,12,13,14)/t6-,7+,10-,11-/m1/s1. The van der Waals surface area contributed by atoms with E-state index in [0.29, 0.717) is 11.2 Å². The number of nitrogen functional groups attached to an aromatic ring is 1. The largest absolute Gasteiger partial charge is 0.393 e. The van der Waals surface area contributed by atoms with Gasteiger partial charge in [0, 0.05) is 0 Å². The summed E-state index contributed by atoms with van der Waals surface area (Å²) in [6.45, 7) is -0.364. The van der Waals surface area contributed by atoms with Gasteiger partial charge in [0.1, 0.15) is 29.6 Å². The van der Waals surface area contributed by atoms with E-state index in [1.165, 1.54) is 12.7 Å². The lowest BCUT2D eigenvalue weighted by Gasteiger charge is -2.33. The number of aliphatic hydroxyl groups excluding tert-OH is 2. The van der Waals surface area contributed by atoms with Crippen LogP contribution in [0.1, 0.15) is 6.23 Å². The number of morpholine rings is 1. The number of nitrogens with zero attached hydrogens (tertiary/aromatic N) is 5. The van der Waals surface area contributed by atoms with Crippen LogP contribution in [-0.4, -0.2) is 70.9 Å². The maximum absolute atomic E-state index is 10.3. The molecule has 112 valence electrons. The van der Waals surface area contributed by atoms with Crippen LogP contribution < -0.4 is 5.73 Å². The molecule has 0 amide bonds. The summed E-state index contributed by atoms with van der Waals surface area (Å²) in [5, 5.41) is 30.7. The van der Waals surface area contributed by atoms with E-state index < -0.39 is 30.6 Å². The molecule has 0 aliphatic carbocycles. The number of ether oxygens (including phenoxy) is 1. The van der Waals surface area contributed by atoms with Gasteiger partial charge in [-0.1, -0.05) is 0 Å². The summed E-state index contributed by atoms with van der Waals surface area (Å²) < 4.78 is 7.36. The zero-order valence-corrected chi connectivity index (χ0v) is 10.9. The van der Waals surface area contributed by atoms with Crippen LogP contribution in [0.25, 0.3) is 11.2 Å². The first kappa shape index (κ1) is 12.9. The Morgan fingerprint density at radius 2 is 2.24 bits per heavy atom. The number of rotatable bonds is 2. The number of aromatic nitrogens is 4. The van der Waals surface area contributed by atoms with Gasteiger partial charge in [-0.15, -0.1) is 0 Å². The molecule has 2 bridgehead atoms. The minimum Gasteiger partial charge on any atom is -0.393 e. The molecule has 0 aromatic carbocycles. The predicted octanol–water partition coefficient (Wildman–Crippen LogP) is -1.90. The maximum Gasteiger partial charge on any atom is 0.167 e. The lowest BCUT2D eigenvalue weighted by Crippen LogP contribution is -2.46. The van der Waals surface area contributed by atoms with Crippen molar-refractivity contribution >= 4 is 17.0 Å². The fraction of sp³-hybridized carbons (Fsp3) is 0.545. The second-order valence-electron chi connectivity index (χ2n) is 5.35. The molecule has 2 aliphatic heterocycles. The average Bonchev–Trinajstić information content (AvgIpc) is 3.08. The van der Waals surface area contributed by atoms with Crippen LogP contribution in [0.2, 0.25) is 0 Å². The van der Waals surface area contributed by atoms with E-state index in [1.807, 2.05) is 0 Å². The number of hydrogen-bond acceptors (Lipinski definition) is 9. The van der Waals surface area contributed by atoms with Gasteiger partial charge in [-0.2, -0.15) is 5.06 Å². The first-order valence-corrected chi connectivity index (χ1v) is 6.43. The van der Waals surface area contributed by atoms with Crippen molar-refractivity contribution in [2.75, 3.05) is 18.9 Å². The SMILES string of the molecule is Nc1ncnc2c1ncn2[C@@H]1O[C@@]2(CO)CN(O)[C@@H]1[C@@H]2O. The monoisotopic (exact) mass is 294 g/mol. The summed E-state index contributed by atoms with van der Waals surface area (Å²) in [7, 11) is 0. The molecular weight excluding hydrogens is 280 g/mol. The van der Waals surface area contributed by atoms with E-state index >= 15 is 0 Å². The van der Waals surface area contributed by atoms with Crippen LogP contribution in [0.4, 0.5) is 5.82 Å². The molecule has 21 heavy (non-hydrogen) atoms. The molecule has 10 heteroatoms. The lowest BCUT2D eigenvalue weighted by molar-refractivity contribution is -0.224. The first-order valence-electron chi connectivity index (χ1n) is 6.43. The number of nitrogens with two attached hydrogens (primary N) is 1. The van der Waals surface area contributed by atoms with Crippen molar-refractivity contribution < 1.29 is 20.2 Å². The Balaban J connectivity index is 1.82. The molecular formula is C11H14N6O4. The molecule has 4 heterocycles. The second kappa shape index (κ2) is 4.08. The third kappa shape index (κ3) is 1.50. The van der Waals surface area contributed by atoms with Gasteiger partial charge >= 0.3 is 0 Å². The Kier molecular flexibility index (Phi) is 2.50. The minimum absolute atomic E-state index is 0.0373. The fourth-order valence-electron chi connectivity index (χ4n) is 3.13. The highest BCUT2D eigenvalue weighted by atomic mass is 16.6. The molecule has 2 aromatic heterocycles. The molecule has 4 rings (SSSR count). The van der Waals surface area contributed by atoms with Gasteiger partial charge in [0.05, 0.1) is 19.5 Å². The van der Waals surface area contributed by atoms with Gasteiger partial charge in [-0.05, 0) is 0 Å². The van der Waals surface area contributed by atoms with Crippen LogP contribution >= 0.6 is 0 Å². The van der Waals surface area contributed by atoms with Crippen molar-refractivity contribution in [3.8, 4) is 0 Å². The zero-order chi connectivity index (χ0) is 14.8. The van der Waals surface area contributed by atoms with Crippen LogP contribution in [0.3, 0.4) is 0 Å². The van der Waals surface area contributed by atoms with E-state index in [2.05, 4.69) is 15.0 Å².